The van der Waals surface area contributed by atoms with Gasteiger partial charge in [-0.15, -0.1) is 0 Å². The van der Waals surface area contributed by atoms with Crippen LogP contribution in [-0.4, -0.2) is 31.3 Å². The minimum absolute atomic E-state index is 0.0185. The molecule has 1 rings (SSSR count). The lowest BCUT2D eigenvalue weighted by molar-refractivity contribution is -0.140. The maximum atomic E-state index is 11.5. The molecule has 1 heterocycles. The SMILES string of the molecule is C=C(C)C(=O)OC(C)=C(C)C(=O)OCC1CO1. The highest BCUT2D eigenvalue weighted by Crippen LogP contribution is 2.13. The quantitative estimate of drug-likeness (QED) is 0.314. The van der Waals surface area contributed by atoms with Crippen molar-refractivity contribution in [3.8, 4) is 0 Å². The minimum Gasteiger partial charge on any atom is -0.459 e. The summed E-state index contributed by atoms with van der Waals surface area (Å²) in [5.74, 6) is -0.840. The molecule has 17 heavy (non-hydrogen) atoms. The summed E-state index contributed by atoms with van der Waals surface area (Å²) in [4.78, 5) is 22.7. The van der Waals surface area contributed by atoms with E-state index < -0.39 is 11.9 Å². The number of epoxide rings is 1. The normalized spacial score (nSPS) is 19.1. The highest BCUT2D eigenvalue weighted by Gasteiger charge is 2.25. The van der Waals surface area contributed by atoms with Crippen LogP contribution in [-0.2, 0) is 23.8 Å². The number of ether oxygens (including phenoxy) is 3. The molecule has 1 aliphatic rings. The van der Waals surface area contributed by atoms with Crippen LogP contribution in [0.3, 0.4) is 0 Å². The third-order valence-electron chi connectivity index (χ3n) is 2.23. The maximum Gasteiger partial charge on any atom is 0.338 e. The van der Waals surface area contributed by atoms with E-state index in [1.165, 1.54) is 20.8 Å². The van der Waals surface area contributed by atoms with E-state index in [9.17, 15) is 9.59 Å². The van der Waals surface area contributed by atoms with Gasteiger partial charge in [-0.3, -0.25) is 0 Å². The number of hydrogen-bond acceptors (Lipinski definition) is 5. The van der Waals surface area contributed by atoms with E-state index in [1.54, 1.807) is 0 Å². The van der Waals surface area contributed by atoms with Gasteiger partial charge in [0.2, 0.25) is 0 Å². The van der Waals surface area contributed by atoms with Gasteiger partial charge in [0.05, 0.1) is 12.2 Å². The third-order valence-corrected chi connectivity index (χ3v) is 2.23. The van der Waals surface area contributed by atoms with Gasteiger partial charge in [-0.2, -0.15) is 0 Å². The Morgan fingerprint density at radius 3 is 2.35 bits per heavy atom. The van der Waals surface area contributed by atoms with Gasteiger partial charge in [-0.25, -0.2) is 9.59 Å². The van der Waals surface area contributed by atoms with E-state index in [1.807, 2.05) is 0 Å². The van der Waals surface area contributed by atoms with Crippen molar-refractivity contribution < 1.29 is 23.8 Å². The van der Waals surface area contributed by atoms with Crippen molar-refractivity contribution in [2.45, 2.75) is 26.9 Å². The zero-order chi connectivity index (χ0) is 13.0. The lowest BCUT2D eigenvalue weighted by atomic mass is 10.2. The smallest absolute Gasteiger partial charge is 0.338 e. The molecule has 0 bridgehead atoms. The number of allylic oxidation sites excluding steroid dienone is 1. The summed E-state index contributed by atoms with van der Waals surface area (Å²) in [6.07, 6.45) is 0.0185. The minimum atomic E-state index is -0.555. The lowest BCUT2D eigenvalue weighted by Crippen LogP contribution is -2.14. The Bertz CT molecular complexity index is 376. The molecule has 0 amide bonds. The maximum absolute atomic E-state index is 11.5. The molecular formula is C12H16O5. The van der Waals surface area contributed by atoms with Crippen LogP contribution in [0.1, 0.15) is 20.8 Å². The molecule has 5 nitrogen and oxygen atoms in total. The van der Waals surface area contributed by atoms with Gasteiger partial charge in [0.1, 0.15) is 18.5 Å². The number of rotatable bonds is 5. The lowest BCUT2D eigenvalue weighted by Gasteiger charge is -2.08. The zero-order valence-corrected chi connectivity index (χ0v) is 10.2. The van der Waals surface area contributed by atoms with Crippen molar-refractivity contribution in [2.24, 2.45) is 0 Å². The molecule has 1 aliphatic heterocycles. The van der Waals surface area contributed by atoms with Gasteiger partial charge in [-0.05, 0) is 20.8 Å². The molecular weight excluding hydrogens is 224 g/mol. The fraction of sp³-hybridized carbons (Fsp3) is 0.500. The second-order valence-electron chi connectivity index (χ2n) is 3.90. The first kappa shape index (κ1) is 13.4. The standard InChI is InChI=1S/C12H16O5/c1-7(2)11(13)17-9(4)8(3)12(14)16-6-10-5-15-10/h10H,1,5-6H2,2-4H3. The Morgan fingerprint density at radius 1 is 1.29 bits per heavy atom. The predicted molar refractivity (Wildman–Crippen MR) is 60.0 cm³/mol. The molecule has 94 valence electrons. The van der Waals surface area contributed by atoms with Crippen LogP contribution >= 0.6 is 0 Å². The fourth-order valence-corrected chi connectivity index (χ4v) is 0.888. The second-order valence-corrected chi connectivity index (χ2v) is 3.90. The van der Waals surface area contributed by atoms with E-state index in [0.29, 0.717) is 6.61 Å². The molecule has 1 fully saturated rings. The number of carbonyl (C=O) groups excluding carboxylic acids is 2. The number of carbonyl (C=O) groups is 2. The Balaban J connectivity index is 2.50. The Kier molecular flexibility index (Phi) is 4.45. The van der Waals surface area contributed by atoms with Gasteiger partial charge < -0.3 is 14.2 Å². The molecule has 1 atom stereocenters. The first-order chi connectivity index (χ1) is 7.91. The van der Waals surface area contributed by atoms with Crippen LogP contribution in [0, 0.1) is 0 Å². The molecule has 0 aromatic heterocycles. The Hall–Kier alpha value is -1.62. The second kappa shape index (κ2) is 5.63. The summed E-state index contributed by atoms with van der Waals surface area (Å²) < 4.78 is 14.8. The summed E-state index contributed by atoms with van der Waals surface area (Å²) in [6, 6.07) is 0. The molecule has 1 unspecified atom stereocenters. The monoisotopic (exact) mass is 240 g/mol. The summed E-state index contributed by atoms with van der Waals surface area (Å²) in [6.45, 7) is 8.92. The van der Waals surface area contributed by atoms with Crippen LogP contribution in [0.2, 0.25) is 0 Å². The van der Waals surface area contributed by atoms with Gasteiger partial charge in [0, 0.05) is 5.57 Å². The fourth-order valence-electron chi connectivity index (χ4n) is 0.888. The highest BCUT2D eigenvalue weighted by atomic mass is 16.6. The van der Waals surface area contributed by atoms with E-state index in [2.05, 4.69) is 6.58 Å². The molecule has 0 aliphatic carbocycles. The van der Waals surface area contributed by atoms with Crippen molar-refractivity contribution >= 4 is 11.9 Å². The molecule has 1 saturated heterocycles. The largest absolute Gasteiger partial charge is 0.459 e. The molecule has 0 N–H and O–H groups in total. The van der Waals surface area contributed by atoms with Crippen molar-refractivity contribution in [3.63, 3.8) is 0 Å². The van der Waals surface area contributed by atoms with E-state index in [-0.39, 0.29) is 29.6 Å². The van der Waals surface area contributed by atoms with Gasteiger partial charge in [-0.1, -0.05) is 6.58 Å². The van der Waals surface area contributed by atoms with Crippen LogP contribution in [0.5, 0.6) is 0 Å². The molecule has 0 aromatic rings. The predicted octanol–water partition coefficient (Wildman–Crippen LogP) is 1.34. The van der Waals surface area contributed by atoms with Gasteiger partial charge >= 0.3 is 11.9 Å². The summed E-state index contributed by atoms with van der Waals surface area (Å²) in [7, 11) is 0. The van der Waals surface area contributed by atoms with Crippen LogP contribution in [0.25, 0.3) is 0 Å². The van der Waals surface area contributed by atoms with Crippen LogP contribution in [0.4, 0.5) is 0 Å². The average molecular weight is 240 g/mol. The van der Waals surface area contributed by atoms with E-state index in [4.69, 9.17) is 14.2 Å². The number of hydrogen-bond donors (Lipinski definition) is 0. The summed E-state index contributed by atoms with van der Waals surface area (Å²) >= 11 is 0. The topological polar surface area (TPSA) is 65.1 Å². The summed E-state index contributed by atoms with van der Waals surface area (Å²) in [5.41, 5.74) is 0.539. The molecule has 5 heteroatoms. The van der Waals surface area contributed by atoms with Crippen molar-refractivity contribution in [1.29, 1.82) is 0 Å². The molecule has 0 saturated carbocycles. The Labute approximate surface area is 100 Å². The van der Waals surface area contributed by atoms with E-state index >= 15 is 0 Å². The van der Waals surface area contributed by atoms with Crippen molar-refractivity contribution in [2.75, 3.05) is 13.2 Å². The molecule has 0 spiro atoms. The summed E-state index contributed by atoms with van der Waals surface area (Å²) in [5, 5.41) is 0. The Morgan fingerprint density at radius 2 is 1.88 bits per heavy atom. The molecule has 0 aromatic carbocycles. The van der Waals surface area contributed by atoms with Crippen molar-refractivity contribution in [1.82, 2.24) is 0 Å². The van der Waals surface area contributed by atoms with Gasteiger partial charge in [0.25, 0.3) is 0 Å². The van der Waals surface area contributed by atoms with E-state index in [0.717, 1.165) is 0 Å². The van der Waals surface area contributed by atoms with Crippen LogP contribution in [0.15, 0.2) is 23.5 Å². The number of esters is 2. The third kappa shape index (κ3) is 4.40. The first-order valence-corrected chi connectivity index (χ1v) is 5.25. The van der Waals surface area contributed by atoms with Crippen molar-refractivity contribution in [3.05, 3.63) is 23.5 Å². The van der Waals surface area contributed by atoms with Crippen LogP contribution < -0.4 is 0 Å². The first-order valence-electron chi connectivity index (χ1n) is 5.25. The highest BCUT2D eigenvalue weighted by molar-refractivity contribution is 5.91. The van der Waals surface area contributed by atoms with Gasteiger partial charge in [0.15, 0.2) is 0 Å². The zero-order valence-electron chi connectivity index (χ0n) is 10.2. The molecule has 0 radical (unpaired) electrons. The average Bonchev–Trinajstić information content (AvgIpc) is 3.08.